The monoisotopic (exact) mass is 262 g/mol. The number of nitrogens with one attached hydrogen (secondary N) is 2. The van der Waals surface area contributed by atoms with Gasteiger partial charge in [0.05, 0.1) is 0 Å². The molecule has 0 aliphatic carbocycles. The molecule has 1 aliphatic heterocycles. The topological polar surface area (TPSA) is 58.2 Å². The minimum Gasteiger partial charge on any atom is -0.315 e. The maximum atomic E-state index is 13.3. The number of hydrogen-bond acceptors (Lipinski definition) is 3. The molecule has 1 atom stereocenters. The second-order valence-electron chi connectivity index (χ2n) is 3.86. The zero-order valence-corrected chi connectivity index (χ0v) is 9.73. The molecular weight excluding hydrogens is 250 g/mol. The van der Waals surface area contributed by atoms with E-state index >= 15 is 0 Å². The first-order valence-electron chi connectivity index (χ1n) is 5.18. The van der Waals surface area contributed by atoms with Crippen molar-refractivity contribution in [2.45, 2.75) is 17.4 Å². The Bertz CT molecular complexity index is 493. The molecule has 4 nitrogen and oxygen atoms in total. The molecule has 94 valence electrons. The molecule has 2 N–H and O–H groups in total. The summed E-state index contributed by atoms with van der Waals surface area (Å²) in [6.07, 6.45) is 0.606. The predicted octanol–water partition coefficient (Wildman–Crippen LogP) is 0.605. The van der Waals surface area contributed by atoms with Crippen molar-refractivity contribution >= 4 is 10.0 Å². The summed E-state index contributed by atoms with van der Waals surface area (Å²) in [7, 11) is -4.15. The zero-order valence-electron chi connectivity index (χ0n) is 8.91. The van der Waals surface area contributed by atoms with Crippen molar-refractivity contribution in [3.63, 3.8) is 0 Å². The van der Waals surface area contributed by atoms with Gasteiger partial charge in [0, 0.05) is 12.6 Å². The van der Waals surface area contributed by atoms with Crippen LogP contribution in [0.25, 0.3) is 0 Å². The predicted molar refractivity (Wildman–Crippen MR) is 58.0 cm³/mol. The fourth-order valence-electron chi connectivity index (χ4n) is 1.77. The van der Waals surface area contributed by atoms with Gasteiger partial charge in [0.2, 0.25) is 10.0 Å². The van der Waals surface area contributed by atoms with Crippen LogP contribution in [0.3, 0.4) is 0 Å². The van der Waals surface area contributed by atoms with Gasteiger partial charge in [-0.2, -0.15) is 0 Å². The molecule has 1 unspecified atom stereocenters. The molecule has 1 heterocycles. The third-order valence-corrected chi connectivity index (χ3v) is 4.14. The summed E-state index contributed by atoms with van der Waals surface area (Å²) in [5.74, 6) is -2.16. The largest absolute Gasteiger partial charge is 0.315 e. The van der Waals surface area contributed by atoms with Crippen molar-refractivity contribution in [3.05, 3.63) is 29.8 Å². The van der Waals surface area contributed by atoms with E-state index in [9.17, 15) is 17.2 Å². The Morgan fingerprint density at radius 1 is 1.29 bits per heavy atom. The highest BCUT2D eigenvalue weighted by Gasteiger charge is 2.27. The molecule has 0 spiro atoms. The fraction of sp³-hybridized carbons (Fsp3) is 0.400. The molecule has 1 saturated heterocycles. The second-order valence-corrected chi connectivity index (χ2v) is 5.51. The quantitative estimate of drug-likeness (QED) is 0.839. The van der Waals surface area contributed by atoms with Crippen LogP contribution in [-0.2, 0) is 10.0 Å². The second kappa shape index (κ2) is 4.67. The Kier molecular flexibility index (Phi) is 3.41. The Morgan fingerprint density at radius 2 is 1.94 bits per heavy atom. The van der Waals surface area contributed by atoms with Gasteiger partial charge in [-0.25, -0.2) is 21.9 Å². The molecule has 1 fully saturated rings. The van der Waals surface area contributed by atoms with Gasteiger partial charge in [0.25, 0.3) is 0 Å². The van der Waals surface area contributed by atoms with E-state index < -0.39 is 26.6 Å². The highest BCUT2D eigenvalue weighted by atomic mass is 32.2. The lowest BCUT2D eigenvalue weighted by Gasteiger charge is -2.12. The van der Waals surface area contributed by atoms with Gasteiger partial charge < -0.3 is 5.32 Å². The summed E-state index contributed by atoms with van der Waals surface area (Å²) in [6.45, 7) is 1.16. The first-order valence-corrected chi connectivity index (χ1v) is 6.66. The first kappa shape index (κ1) is 12.4. The van der Waals surface area contributed by atoms with Crippen LogP contribution in [0.15, 0.2) is 23.1 Å². The SMILES string of the molecule is O=S(=O)(NC1CCNC1)c1c(F)cccc1F. The molecule has 1 aromatic carbocycles. The average Bonchev–Trinajstić information content (AvgIpc) is 2.68. The van der Waals surface area contributed by atoms with E-state index in [-0.39, 0.29) is 6.04 Å². The fourth-order valence-corrected chi connectivity index (χ4v) is 3.18. The molecule has 2 rings (SSSR count). The van der Waals surface area contributed by atoms with E-state index in [1.165, 1.54) is 0 Å². The van der Waals surface area contributed by atoms with Crippen molar-refractivity contribution in [2.24, 2.45) is 0 Å². The average molecular weight is 262 g/mol. The third-order valence-electron chi connectivity index (χ3n) is 2.57. The van der Waals surface area contributed by atoms with Gasteiger partial charge in [-0.05, 0) is 25.1 Å². The van der Waals surface area contributed by atoms with E-state index in [2.05, 4.69) is 10.0 Å². The van der Waals surface area contributed by atoms with Crippen LogP contribution >= 0.6 is 0 Å². The standard InChI is InChI=1S/C10H12F2N2O2S/c11-8-2-1-3-9(12)10(8)17(15,16)14-7-4-5-13-6-7/h1-3,7,13-14H,4-6H2. The summed E-state index contributed by atoms with van der Waals surface area (Å²) in [6, 6.07) is 2.65. The van der Waals surface area contributed by atoms with Gasteiger partial charge in [0.15, 0.2) is 4.90 Å². The highest BCUT2D eigenvalue weighted by molar-refractivity contribution is 7.89. The van der Waals surface area contributed by atoms with Crippen LogP contribution in [0.4, 0.5) is 8.78 Å². The van der Waals surface area contributed by atoms with Crippen LogP contribution in [-0.4, -0.2) is 27.5 Å². The van der Waals surface area contributed by atoms with Gasteiger partial charge in [-0.3, -0.25) is 0 Å². The van der Waals surface area contributed by atoms with Gasteiger partial charge in [-0.1, -0.05) is 6.07 Å². The molecule has 0 amide bonds. The molecule has 0 aromatic heterocycles. The minimum atomic E-state index is -4.15. The van der Waals surface area contributed by atoms with Crippen LogP contribution in [0.2, 0.25) is 0 Å². The van der Waals surface area contributed by atoms with Crippen LogP contribution in [0.5, 0.6) is 0 Å². The summed E-state index contributed by atoms with van der Waals surface area (Å²) in [5.41, 5.74) is 0. The number of halogens is 2. The lowest BCUT2D eigenvalue weighted by atomic mass is 10.3. The van der Waals surface area contributed by atoms with E-state index in [4.69, 9.17) is 0 Å². The molecule has 0 radical (unpaired) electrons. The molecule has 1 aromatic rings. The van der Waals surface area contributed by atoms with Crippen molar-refractivity contribution in [1.29, 1.82) is 0 Å². The summed E-state index contributed by atoms with van der Waals surface area (Å²) >= 11 is 0. The van der Waals surface area contributed by atoms with E-state index in [0.717, 1.165) is 18.2 Å². The summed E-state index contributed by atoms with van der Waals surface area (Å²) in [4.78, 5) is -0.910. The smallest absolute Gasteiger partial charge is 0.246 e. The van der Waals surface area contributed by atoms with E-state index in [0.29, 0.717) is 19.5 Å². The molecule has 7 heteroatoms. The Labute approximate surface area is 98.1 Å². The van der Waals surface area contributed by atoms with Crippen molar-refractivity contribution in [1.82, 2.24) is 10.0 Å². The Balaban J connectivity index is 2.31. The third kappa shape index (κ3) is 2.62. The maximum absolute atomic E-state index is 13.3. The first-order chi connectivity index (χ1) is 8.00. The maximum Gasteiger partial charge on any atom is 0.246 e. The Hall–Kier alpha value is -1.05. The van der Waals surface area contributed by atoms with Gasteiger partial charge >= 0.3 is 0 Å². The normalized spacial score (nSPS) is 20.7. The Morgan fingerprint density at radius 3 is 2.47 bits per heavy atom. The number of benzene rings is 1. The van der Waals surface area contributed by atoms with Crippen LogP contribution in [0.1, 0.15) is 6.42 Å². The minimum absolute atomic E-state index is 0.320. The van der Waals surface area contributed by atoms with Crippen LogP contribution in [0, 0.1) is 11.6 Å². The number of rotatable bonds is 3. The van der Waals surface area contributed by atoms with Gasteiger partial charge in [0.1, 0.15) is 11.6 Å². The summed E-state index contributed by atoms with van der Waals surface area (Å²) < 4.78 is 52.6. The van der Waals surface area contributed by atoms with E-state index in [1.54, 1.807) is 0 Å². The highest BCUT2D eigenvalue weighted by Crippen LogP contribution is 2.18. The lowest BCUT2D eigenvalue weighted by molar-refractivity contribution is 0.507. The number of hydrogen-bond donors (Lipinski definition) is 2. The molecule has 0 bridgehead atoms. The number of sulfonamides is 1. The molecule has 17 heavy (non-hydrogen) atoms. The molecular formula is C10H12F2N2O2S. The van der Waals surface area contributed by atoms with Crippen molar-refractivity contribution in [3.8, 4) is 0 Å². The zero-order chi connectivity index (χ0) is 12.5. The van der Waals surface area contributed by atoms with Crippen LogP contribution < -0.4 is 10.0 Å². The van der Waals surface area contributed by atoms with Gasteiger partial charge in [-0.15, -0.1) is 0 Å². The molecule has 0 saturated carbocycles. The van der Waals surface area contributed by atoms with E-state index in [1.807, 2.05) is 0 Å². The molecule has 1 aliphatic rings. The van der Waals surface area contributed by atoms with Crippen molar-refractivity contribution in [2.75, 3.05) is 13.1 Å². The lowest BCUT2D eigenvalue weighted by Crippen LogP contribution is -2.37. The summed E-state index contributed by atoms with van der Waals surface area (Å²) in [5, 5.41) is 2.96. The van der Waals surface area contributed by atoms with Crippen molar-refractivity contribution < 1.29 is 17.2 Å².